The highest BCUT2D eigenvalue weighted by atomic mass is 35.5. The molecule has 2 N–H and O–H groups in total. The van der Waals surface area contributed by atoms with Crippen LogP contribution in [0.3, 0.4) is 0 Å². The number of carbonyl (C=O) groups is 1. The number of benzene rings is 1. The normalized spacial score (nSPS) is 13.2. The number of hydrogen-bond donors (Lipinski definition) is 2. The van der Waals surface area contributed by atoms with E-state index in [-0.39, 0.29) is 33.8 Å². The van der Waals surface area contributed by atoms with Crippen LogP contribution in [0, 0.1) is 5.92 Å². The van der Waals surface area contributed by atoms with Crippen molar-refractivity contribution in [3.8, 4) is 0 Å². The molecule has 0 fully saturated rings. The summed E-state index contributed by atoms with van der Waals surface area (Å²) >= 11 is 11.6. The van der Waals surface area contributed by atoms with Gasteiger partial charge in [-0.15, -0.1) is 0 Å². The molecule has 0 saturated carbocycles. The maximum atomic E-state index is 12.1. The van der Waals surface area contributed by atoms with Gasteiger partial charge in [-0.3, -0.25) is 4.79 Å². The van der Waals surface area contributed by atoms with Crippen LogP contribution < -0.4 is 4.72 Å². The largest absolute Gasteiger partial charge is 0.481 e. The van der Waals surface area contributed by atoms with Crippen LogP contribution in [0.15, 0.2) is 23.1 Å². The molecule has 0 saturated heterocycles. The van der Waals surface area contributed by atoms with Crippen LogP contribution in [0.4, 0.5) is 0 Å². The highest BCUT2D eigenvalue weighted by Crippen LogP contribution is 2.28. The van der Waals surface area contributed by atoms with Gasteiger partial charge in [-0.1, -0.05) is 42.6 Å². The van der Waals surface area contributed by atoms with Gasteiger partial charge in [0.15, 0.2) is 0 Å². The maximum absolute atomic E-state index is 12.1. The predicted octanol–water partition coefficient (Wildman–Crippen LogP) is 2.77. The Balaban J connectivity index is 2.85. The van der Waals surface area contributed by atoms with Crippen LogP contribution in [-0.4, -0.2) is 26.0 Å². The van der Waals surface area contributed by atoms with Crippen molar-refractivity contribution in [1.82, 2.24) is 4.72 Å². The SMILES string of the molecule is CCC(CNS(=O)(=O)c1cccc(Cl)c1Cl)CC(=O)O. The van der Waals surface area contributed by atoms with Gasteiger partial charge in [-0.05, 0) is 18.1 Å². The third-order valence-corrected chi connectivity index (χ3v) is 5.21. The van der Waals surface area contributed by atoms with E-state index in [0.29, 0.717) is 6.42 Å². The molecule has 0 bridgehead atoms. The maximum Gasteiger partial charge on any atom is 0.303 e. The molecule has 5 nitrogen and oxygen atoms in total. The lowest BCUT2D eigenvalue weighted by Gasteiger charge is -2.14. The van der Waals surface area contributed by atoms with Gasteiger partial charge in [0.25, 0.3) is 0 Å². The Morgan fingerprint density at radius 1 is 1.40 bits per heavy atom. The van der Waals surface area contributed by atoms with Gasteiger partial charge in [-0.2, -0.15) is 0 Å². The molecule has 0 aliphatic heterocycles. The second-order valence-corrected chi connectivity index (χ2v) is 6.80. The molecule has 112 valence electrons. The van der Waals surface area contributed by atoms with E-state index in [4.69, 9.17) is 28.3 Å². The van der Waals surface area contributed by atoms with Gasteiger partial charge in [-0.25, -0.2) is 13.1 Å². The summed E-state index contributed by atoms with van der Waals surface area (Å²) in [6.07, 6.45) is 0.459. The van der Waals surface area contributed by atoms with Gasteiger partial charge in [0.05, 0.1) is 10.0 Å². The first-order valence-corrected chi connectivity index (χ1v) is 8.17. The fourth-order valence-electron chi connectivity index (χ4n) is 1.60. The molecule has 0 amide bonds. The summed E-state index contributed by atoms with van der Waals surface area (Å²) in [6, 6.07) is 4.31. The Bertz CT molecular complexity index is 589. The van der Waals surface area contributed by atoms with Crippen molar-refractivity contribution in [3.63, 3.8) is 0 Å². The molecule has 1 aromatic rings. The fourth-order valence-corrected chi connectivity index (χ4v) is 3.48. The van der Waals surface area contributed by atoms with Gasteiger partial charge in [0.1, 0.15) is 4.90 Å². The monoisotopic (exact) mass is 339 g/mol. The third kappa shape index (κ3) is 4.63. The average molecular weight is 340 g/mol. The number of sulfonamides is 1. The molecule has 0 radical (unpaired) electrons. The molecule has 1 unspecified atom stereocenters. The van der Waals surface area contributed by atoms with E-state index in [2.05, 4.69) is 4.72 Å². The Kier molecular flexibility index (Phi) is 6.26. The van der Waals surface area contributed by atoms with Crippen LogP contribution in [-0.2, 0) is 14.8 Å². The molecule has 1 aromatic carbocycles. The molecule has 0 spiro atoms. The second-order valence-electron chi connectivity index (χ2n) is 4.28. The van der Waals surface area contributed by atoms with Crippen molar-refractivity contribution < 1.29 is 18.3 Å². The molecule has 0 aliphatic rings. The van der Waals surface area contributed by atoms with E-state index < -0.39 is 16.0 Å². The molecule has 8 heteroatoms. The second kappa shape index (κ2) is 7.26. The van der Waals surface area contributed by atoms with E-state index in [1.165, 1.54) is 18.2 Å². The van der Waals surface area contributed by atoms with Crippen molar-refractivity contribution in [3.05, 3.63) is 28.2 Å². The summed E-state index contributed by atoms with van der Waals surface area (Å²) in [6.45, 7) is 1.84. The van der Waals surface area contributed by atoms with Crippen LogP contribution in [0.25, 0.3) is 0 Å². The van der Waals surface area contributed by atoms with Crippen LogP contribution in [0.1, 0.15) is 19.8 Å². The van der Waals surface area contributed by atoms with E-state index in [1.807, 2.05) is 0 Å². The lowest BCUT2D eigenvalue weighted by atomic mass is 10.0. The minimum Gasteiger partial charge on any atom is -0.481 e. The quantitative estimate of drug-likeness (QED) is 0.799. The molecule has 0 heterocycles. The van der Waals surface area contributed by atoms with Gasteiger partial charge in [0, 0.05) is 13.0 Å². The molecule has 1 atom stereocenters. The number of nitrogens with one attached hydrogen (secondary N) is 1. The minimum atomic E-state index is -3.81. The van der Waals surface area contributed by atoms with Crippen LogP contribution in [0.5, 0.6) is 0 Å². The first kappa shape index (κ1) is 17.2. The summed E-state index contributed by atoms with van der Waals surface area (Å²) in [5, 5.41) is 8.82. The van der Waals surface area contributed by atoms with Crippen molar-refractivity contribution in [2.75, 3.05) is 6.54 Å². The smallest absolute Gasteiger partial charge is 0.303 e. The molecular weight excluding hydrogens is 325 g/mol. The standard InChI is InChI=1S/C12H15Cl2NO4S/c1-2-8(6-11(16)17)7-15-20(18,19)10-5-3-4-9(13)12(10)14/h3-5,8,15H,2,6-7H2,1H3,(H,16,17). The van der Waals surface area contributed by atoms with Crippen molar-refractivity contribution in [2.24, 2.45) is 5.92 Å². The number of aliphatic carboxylic acids is 1. The zero-order valence-corrected chi connectivity index (χ0v) is 13.1. The Labute approximate surface area is 127 Å². The van der Waals surface area contributed by atoms with Crippen LogP contribution in [0.2, 0.25) is 10.0 Å². The van der Waals surface area contributed by atoms with E-state index >= 15 is 0 Å². The number of halogens is 2. The number of carboxylic acids is 1. The van der Waals surface area contributed by atoms with Gasteiger partial charge < -0.3 is 5.11 Å². The minimum absolute atomic E-state index is 0.0357. The number of rotatable bonds is 7. The number of carboxylic acid groups (broad SMARTS) is 1. The van der Waals surface area contributed by atoms with E-state index in [1.54, 1.807) is 6.92 Å². The Morgan fingerprint density at radius 2 is 2.05 bits per heavy atom. The molecule has 1 rings (SSSR count). The first-order valence-electron chi connectivity index (χ1n) is 5.93. The van der Waals surface area contributed by atoms with Crippen molar-refractivity contribution in [2.45, 2.75) is 24.7 Å². The summed E-state index contributed by atoms with van der Waals surface area (Å²) in [5.74, 6) is -1.24. The van der Waals surface area contributed by atoms with E-state index in [0.717, 1.165) is 0 Å². The summed E-state index contributed by atoms with van der Waals surface area (Å²) in [5.41, 5.74) is 0. The molecule has 20 heavy (non-hydrogen) atoms. The topological polar surface area (TPSA) is 83.5 Å². The first-order chi connectivity index (χ1) is 9.27. The van der Waals surface area contributed by atoms with Crippen molar-refractivity contribution in [1.29, 1.82) is 0 Å². The summed E-state index contributed by atoms with van der Waals surface area (Å²) < 4.78 is 26.6. The molecular formula is C12H15Cl2NO4S. The number of hydrogen-bond acceptors (Lipinski definition) is 3. The Morgan fingerprint density at radius 3 is 2.60 bits per heavy atom. The molecule has 0 aromatic heterocycles. The Hall–Kier alpha value is -0.820. The van der Waals surface area contributed by atoms with Crippen LogP contribution >= 0.6 is 23.2 Å². The van der Waals surface area contributed by atoms with Crippen molar-refractivity contribution >= 4 is 39.2 Å². The zero-order valence-electron chi connectivity index (χ0n) is 10.8. The third-order valence-electron chi connectivity index (χ3n) is 2.81. The van der Waals surface area contributed by atoms with Gasteiger partial charge >= 0.3 is 5.97 Å². The predicted molar refractivity (Wildman–Crippen MR) is 77.7 cm³/mol. The zero-order chi connectivity index (χ0) is 15.3. The highest BCUT2D eigenvalue weighted by Gasteiger charge is 2.21. The fraction of sp³-hybridized carbons (Fsp3) is 0.417. The lowest BCUT2D eigenvalue weighted by molar-refractivity contribution is -0.138. The average Bonchev–Trinajstić information content (AvgIpc) is 2.37. The van der Waals surface area contributed by atoms with E-state index in [9.17, 15) is 13.2 Å². The lowest BCUT2D eigenvalue weighted by Crippen LogP contribution is -2.30. The highest BCUT2D eigenvalue weighted by molar-refractivity contribution is 7.89. The molecule has 0 aliphatic carbocycles. The summed E-state index contributed by atoms with van der Waals surface area (Å²) in [4.78, 5) is 10.5. The van der Waals surface area contributed by atoms with Gasteiger partial charge in [0.2, 0.25) is 10.0 Å². The summed E-state index contributed by atoms with van der Waals surface area (Å²) in [7, 11) is -3.81.